The van der Waals surface area contributed by atoms with E-state index in [1.165, 1.54) is 4.90 Å². The third kappa shape index (κ3) is 3.31. The number of hydrogen-bond donors (Lipinski definition) is 1. The summed E-state index contributed by atoms with van der Waals surface area (Å²) in [4.78, 5) is 13.1. The van der Waals surface area contributed by atoms with Crippen LogP contribution in [0.2, 0.25) is 0 Å². The minimum atomic E-state index is -0.166. The average Bonchev–Trinajstić information content (AvgIpc) is 2.82. The van der Waals surface area contributed by atoms with Crippen LogP contribution in [-0.2, 0) is 6.54 Å². The van der Waals surface area contributed by atoms with Gasteiger partial charge in [-0.3, -0.25) is 4.79 Å². The molecule has 0 fully saturated rings. The van der Waals surface area contributed by atoms with Gasteiger partial charge in [0.1, 0.15) is 17.3 Å². The molecule has 0 aliphatic rings. The van der Waals surface area contributed by atoms with Crippen LogP contribution >= 0.6 is 0 Å². The van der Waals surface area contributed by atoms with Crippen molar-refractivity contribution in [3.8, 4) is 0 Å². The molecule has 0 spiro atoms. The number of aromatic nitrogens is 2. The summed E-state index contributed by atoms with van der Waals surface area (Å²) in [6.45, 7) is 2.43. The average molecular weight is 260 g/mol. The lowest BCUT2D eigenvalue weighted by Gasteiger charge is -2.09. The summed E-state index contributed by atoms with van der Waals surface area (Å²) < 4.78 is 5.43. The summed E-state index contributed by atoms with van der Waals surface area (Å²) >= 11 is 0. The molecule has 0 saturated carbocycles. The fourth-order valence-corrected chi connectivity index (χ4v) is 1.53. The molecule has 2 heterocycles. The molecule has 0 atom stereocenters. The number of aryl methyl sites for hydroxylation is 1. The van der Waals surface area contributed by atoms with Crippen LogP contribution in [0.15, 0.2) is 28.7 Å². The van der Waals surface area contributed by atoms with Crippen molar-refractivity contribution in [3.05, 3.63) is 41.5 Å². The van der Waals surface area contributed by atoms with E-state index in [0.717, 1.165) is 11.5 Å². The molecule has 19 heavy (non-hydrogen) atoms. The predicted molar refractivity (Wildman–Crippen MR) is 70.8 cm³/mol. The van der Waals surface area contributed by atoms with E-state index in [4.69, 9.17) is 4.42 Å². The van der Waals surface area contributed by atoms with Crippen molar-refractivity contribution in [2.24, 2.45) is 0 Å². The summed E-state index contributed by atoms with van der Waals surface area (Å²) in [5.41, 5.74) is 0.324. The Morgan fingerprint density at radius 2 is 2.05 bits per heavy atom. The molecule has 2 aromatic rings. The van der Waals surface area contributed by atoms with E-state index in [2.05, 4.69) is 15.5 Å². The molecule has 2 rings (SSSR count). The Labute approximate surface area is 111 Å². The molecule has 0 bridgehead atoms. The third-order valence-corrected chi connectivity index (χ3v) is 2.53. The van der Waals surface area contributed by atoms with Crippen LogP contribution in [-0.4, -0.2) is 35.1 Å². The maximum atomic E-state index is 11.6. The molecular formula is C13H16N4O2. The van der Waals surface area contributed by atoms with Crippen LogP contribution < -0.4 is 5.32 Å². The monoisotopic (exact) mass is 260 g/mol. The maximum Gasteiger partial charge on any atom is 0.273 e. The van der Waals surface area contributed by atoms with E-state index < -0.39 is 0 Å². The maximum absolute atomic E-state index is 11.6. The first-order chi connectivity index (χ1) is 9.06. The van der Waals surface area contributed by atoms with E-state index in [1.54, 1.807) is 26.2 Å². The predicted octanol–water partition coefficient (Wildman–Crippen LogP) is 1.69. The molecule has 0 aromatic carbocycles. The standard InChI is InChI=1S/C13H16N4O2/c1-9-4-5-10(19-9)8-14-12-7-6-11(15-16-12)13(18)17(2)3/h4-7H,8H2,1-3H3,(H,14,16). The molecule has 2 aromatic heterocycles. The normalized spacial score (nSPS) is 10.3. The summed E-state index contributed by atoms with van der Waals surface area (Å²) in [6.07, 6.45) is 0. The molecule has 1 amide bonds. The van der Waals surface area contributed by atoms with E-state index in [1.807, 2.05) is 19.1 Å². The second-order valence-electron chi connectivity index (χ2n) is 4.37. The number of anilines is 1. The van der Waals surface area contributed by atoms with Gasteiger partial charge < -0.3 is 14.6 Å². The van der Waals surface area contributed by atoms with E-state index in [9.17, 15) is 4.79 Å². The van der Waals surface area contributed by atoms with Gasteiger partial charge in [-0.15, -0.1) is 10.2 Å². The number of rotatable bonds is 4. The zero-order chi connectivity index (χ0) is 13.8. The summed E-state index contributed by atoms with van der Waals surface area (Å²) in [5, 5.41) is 10.9. The highest BCUT2D eigenvalue weighted by Gasteiger charge is 2.10. The van der Waals surface area contributed by atoms with Crippen molar-refractivity contribution in [2.45, 2.75) is 13.5 Å². The quantitative estimate of drug-likeness (QED) is 0.905. The zero-order valence-electron chi connectivity index (χ0n) is 11.2. The van der Waals surface area contributed by atoms with Gasteiger partial charge >= 0.3 is 0 Å². The highest BCUT2D eigenvalue weighted by molar-refractivity contribution is 5.91. The van der Waals surface area contributed by atoms with Gasteiger partial charge in [-0.25, -0.2) is 0 Å². The lowest BCUT2D eigenvalue weighted by Crippen LogP contribution is -2.23. The minimum absolute atomic E-state index is 0.166. The largest absolute Gasteiger partial charge is 0.465 e. The Morgan fingerprint density at radius 3 is 2.58 bits per heavy atom. The Bertz CT molecular complexity index is 560. The molecule has 6 heteroatoms. The van der Waals surface area contributed by atoms with Crippen LogP contribution in [0, 0.1) is 6.92 Å². The number of carbonyl (C=O) groups excluding carboxylic acids is 1. The van der Waals surface area contributed by atoms with E-state index in [0.29, 0.717) is 18.1 Å². The second-order valence-corrected chi connectivity index (χ2v) is 4.37. The van der Waals surface area contributed by atoms with Gasteiger partial charge in [-0.1, -0.05) is 0 Å². The Morgan fingerprint density at radius 1 is 1.26 bits per heavy atom. The van der Waals surface area contributed by atoms with Crippen molar-refractivity contribution in [2.75, 3.05) is 19.4 Å². The highest BCUT2D eigenvalue weighted by Crippen LogP contribution is 2.09. The summed E-state index contributed by atoms with van der Waals surface area (Å²) in [7, 11) is 3.35. The topological polar surface area (TPSA) is 71.3 Å². The van der Waals surface area contributed by atoms with Gasteiger partial charge in [0.15, 0.2) is 5.69 Å². The first-order valence-corrected chi connectivity index (χ1v) is 5.91. The SMILES string of the molecule is Cc1ccc(CNc2ccc(C(=O)N(C)C)nn2)o1. The molecule has 0 saturated heterocycles. The summed E-state index contributed by atoms with van der Waals surface area (Å²) in [6, 6.07) is 7.17. The molecule has 100 valence electrons. The number of nitrogens with zero attached hydrogens (tertiary/aromatic N) is 3. The van der Waals surface area contributed by atoms with Crippen molar-refractivity contribution >= 4 is 11.7 Å². The molecule has 6 nitrogen and oxygen atoms in total. The van der Waals surface area contributed by atoms with Crippen molar-refractivity contribution < 1.29 is 9.21 Å². The minimum Gasteiger partial charge on any atom is -0.465 e. The second kappa shape index (κ2) is 5.51. The van der Waals surface area contributed by atoms with Gasteiger partial charge in [0.2, 0.25) is 0 Å². The van der Waals surface area contributed by atoms with Crippen LogP contribution in [0.1, 0.15) is 22.0 Å². The summed E-state index contributed by atoms with van der Waals surface area (Å²) in [5.74, 6) is 2.13. The van der Waals surface area contributed by atoms with Gasteiger partial charge in [0, 0.05) is 14.1 Å². The fraction of sp³-hybridized carbons (Fsp3) is 0.308. The lowest BCUT2D eigenvalue weighted by atomic mass is 10.3. The smallest absolute Gasteiger partial charge is 0.273 e. The number of hydrogen-bond acceptors (Lipinski definition) is 5. The highest BCUT2D eigenvalue weighted by atomic mass is 16.3. The van der Waals surface area contributed by atoms with Gasteiger partial charge in [-0.05, 0) is 31.2 Å². The van der Waals surface area contributed by atoms with Crippen LogP contribution in [0.5, 0.6) is 0 Å². The van der Waals surface area contributed by atoms with Crippen molar-refractivity contribution in [1.29, 1.82) is 0 Å². The number of amides is 1. The van der Waals surface area contributed by atoms with Gasteiger partial charge in [0.25, 0.3) is 5.91 Å². The number of furan rings is 1. The first-order valence-electron chi connectivity index (χ1n) is 5.91. The molecule has 0 aliphatic carbocycles. The van der Waals surface area contributed by atoms with Crippen LogP contribution in [0.4, 0.5) is 5.82 Å². The third-order valence-electron chi connectivity index (χ3n) is 2.53. The zero-order valence-corrected chi connectivity index (χ0v) is 11.2. The van der Waals surface area contributed by atoms with Crippen LogP contribution in [0.3, 0.4) is 0 Å². The molecule has 1 N–H and O–H groups in total. The molecule has 0 aliphatic heterocycles. The van der Waals surface area contributed by atoms with Crippen molar-refractivity contribution in [1.82, 2.24) is 15.1 Å². The fourth-order valence-electron chi connectivity index (χ4n) is 1.53. The van der Waals surface area contributed by atoms with Crippen molar-refractivity contribution in [3.63, 3.8) is 0 Å². The lowest BCUT2D eigenvalue weighted by molar-refractivity contribution is 0.0821. The van der Waals surface area contributed by atoms with E-state index in [-0.39, 0.29) is 5.91 Å². The molecule has 0 radical (unpaired) electrons. The van der Waals surface area contributed by atoms with Gasteiger partial charge in [-0.2, -0.15) is 0 Å². The molecular weight excluding hydrogens is 244 g/mol. The van der Waals surface area contributed by atoms with E-state index >= 15 is 0 Å². The Hall–Kier alpha value is -2.37. The molecule has 0 unspecified atom stereocenters. The number of carbonyl (C=O) groups is 1. The van der Waals surface area contributed by atoms with Crippen LogP contribution in [0.25, 0.3) is 0 Å². The Balaban J connectivity index is 1.97. The first kappa shape index (κ1) is 13.1. The number of nitrogens with one attached hydrogen (secondary N) is 1. The Kier molecular flexibility index (Phi) is 3.79. The van der Waals surface area contributed by atoms with Gasteiger partial charge in [0.05, 0.1) is 6.54 Å².